The smallest absolute Gasteiger partial charge is 0.254 e. The summed E-state index contributed by atoms with van der Waals surface area (Å²) in [4.78, 5) is 48.5. The Morgan fingerprint density at radius 3 is 2.27 bits per heavy atom. The van der Waals surface area contributed by atoms with Gasteiger partial charge in [0.15, 0.2) is 0 Å². The molecule has 7 heteroatoms. The van der Waals surface area contributed by atoms with Gasteiger partial charge in [0.2, 0.25) is 11.8 Å². The minimum absolute atomic E-state index is 0.0156. The van der Waals surface area contributed by atoms with E-state index in [1.807, 2.05) is 57.2 Å². The topological polar surface area (TPSA) is 73.8 Å². The first-order chi connectivity index (χ1) is 16.1. The number of carbonyl (C=O) groups is 3. The van der Waals surface area contributed by atoms with Crippen molar-refractivity contribution in [2.75, 3.05) is 26.2 Å². The van der Waals surface area contributed by atoms with Crippen molar-refractivity contribution in [2.45, 2.75) is 44.7 Å². The zero-order chi connectivity index (χ0) is 22.8. The van der Waals surface area contributed by atoms with E-state index >= 15 is 0 Å². The monoisotopic (exact) mass is 446 g/mol. The summed E-state index contributed by atoms with van der Waals surface area (Å²) in [5.74, 6) is 0.397. The zero-order valence-corrected chi connectivity index (χ0v) is 18.9. The summed E-state index contributed by atoms with van der Waals surface area (Å²) in [6, 6.07) is 13.6. The predicted molar refractivity (Wildman–Crippen MR) is 123 cm³/mol. The lowest BCUT2D eigenvalue weighted by Crippen LogP contribution is -2.50. The van der Waals surface area contributed by atoms with E-state index in [0.717, 1.165) is 29.7 Å². The number of fused-ring (bicyclic) bond motifs is 1. The Morgan fingerprint density at radius 2 is 1.58 bits per heavy atom. The minimum atomic E-state index is -0.0156. The molecule has 0 saturated carbocycles. The van der Waals surface area contributed by atoms with E-state index in [4.69, 9.17) is 0 Å². The van der Waals surface area contributed by atoms with Crippen molar-refractivity contribution in [3.63, 3.8) is 0 Å². The van der Waals surface area contributed by atoms with Crippen LogP contribution in [0.2, 0.25) is 0 Å². The number of piperidine rings is 2. The van der Waals surface area contributed by atoms with E-state index in [-0.39, 0.29) is 29.7 Å². The van der Waals surface area contributed by atoms with E-state index in [0.29, 0.717) is 52.0 Å². The molecule has 4 heterocycles. The van der Waals surface area contributed by atoms with Gasteiger partial charge in [-0.1, -0.05) is 24.3 Å². The average Bonchev–Trinajstić information content (AvgIpc) is 3.21. The molecule has 0 aliphatic carbocycles. The third-order valence-corrected chi connectivity index (χ3v) is 7.32. The van der Waals surface area contributed by atoms with Crippen molar-refractivity contribution in [1.29, 1.82) is 0 Å². The van der Waals surface area contributed by atoms with Gasteiger partial charge in [0.25, 0.3) is 5.91 Å². The van der Waals surface area contributed by atoms with Crippen LogP contribution in [0.3, 0.4) is 0 Å². The largest absolute Gasteiger partial charge is 0.342 e. The molecule has 33 heavy (non-hydrogen) atoms. The molecule has 5 rings (SSSR count). The number of nitrogens with zero attached hydrogens (tertiary/aromatic N) is 4. The maximum Gasteiger partial charge on any atom is 0.254 e. The van der Waals surface area contributed by atoms with Crippen molar-refractivity contribution in [1.82, 2.24) is 19.7 Å². The number of hydrogen-bond donors (Lipinski definition) is 0. The highest BCUT2D eigenvalue weighted by atomic mass is 16.2. The zero-order valence-electron chi connectivity index (χ0n) is 18.9. The van der Waals surface area contributed by atoms with Gasteiger partial charge in [-0.25, -0.2) is 0 Å². The number of carbonyl (C=O) groups excluding carboxylic acids is 3. The number of rotatable bonds is 4. The van der Waals surface area contributed by atoms with Crippen LogP contribution in [0.5, 0.6) is 0 Å². The highest BCUT2D eigenvalue weighted by Crippen LogP contribution is 2.29. The first-order valence-electron chi connectivity index (χ1n) is 12.0. The van der Waals surface area contributed by atoms with Gasteiger partial charge in [0.1, 0.15) is 0 Å². The molecule has 3 amide bonds. The quantitative estimate of drug-likeness (QED) is 0.723. The highest BCUT2D eigenvalue weighted by molar-refractivity contribution is 5.98. The summed E-state index contributed by atoms with van der Waals surface area (Å²) >= 11 is 0. The second-order valence-electron chi connectivity index (χ2n) is 9.30. The second kappa shape index (κ2) is 9.33. The Bertz CT molecular complexity index is 1020. The van der Waals surface area contributed by atoms with Crippen LogP contribution in [-0.2, 0) is 22.6 Å². The van der Waals surface area contributed by atoms with Crippen LogP contribution in [-0.4, -0.2) is 69.6 Å². The standard InChI is InChI=1S/C26H30N4O3/c31-24(17-21-6-3-4-12-27-21)28-13-8-19(9-14-28)25(32)29-15-10-22(11-16-29)30-18-20-5-1-2-7-23(20)26(30)33/h1-7,12,19,22H,8-11,13-18H2. The van der Waals surface area contributed by atoms with Crippen LogP contribution >= 0.6 is 0 Å². The molecule has 2 aromatic rings. The number of hydrogen-bond acceptors (Lipinski definition) is 4. The van der Waals surface area contributed by atoms with E-state index in [2.05, 4.69) is 4.98 Å². The first-order valence-corrected chi connectivity index (χ1v) is 12.0. The highest BCUT2D eigenvalue weighted by Gasteiger charge is 2.37. The van der Waals surface area contributed by atoms with Gasteiger partial charge in [0.05, 0.1) is 6.42 Å². The van der Waals surface area contributed by atoms with Crippen molar-refractivity contribution >= 4 is 17.7 Å². The molecule has 0 radical (unpaired) electrons. The molecule has 3 aliphatic heterocycles. The maximum atomic E-state index is 13.1. The summed E-state index contributed by atoms with van der Waals surface area (Å²) in [6.07, 6.45) is 5.10. The molecule has 1 aromatic carbocycles. The molecule has 0 N–H and O–H groups in total. The van der Waals surface area contributed by atoms with Crippen LogP contribution in [0.4, 0.5) is 0 Å². The molecule has 0 atom stereocenters. The Kier molecular flexibility index (Phi) is 6.11. The molecule has 2 fully saturated rings. The van der Waals surface area contributed by atoms with E-state index < -0.39 is 0 Å². The lowest BCUT2D eigenvalue weighted by Gasteiger charge is -2.39. The number of aromatic nitrogens is 1. The Morgan fingerprint density at radius 1 is 0.879 bits per heavy atom. The van der Waals surface area contributed by atoms with Gasteiger partial charge >= 0.3 is 0 Å². The third kappa shape index (κ3) is 4.49. The SMILES string of the molecule is O=C(Cc1ccccn1)N1CCC(C(=O)N2CCC(N3Cc4ccccc4C3=O)CC2)CC1. The molecule has 2 saturated heterocycles. The Labute approximate surface area is 194 Å². The first kappa shape index (κ1) is 21.6. The molecule has 0 spiro atoms. The Balaban J connectivity index is 1.09. The van der Waals surface area contributed by atoms with Crippen LogP contribution in [0.1, 0.15) is 47.3 Å². The van der Waals surface area contributed by atoms with Gasteiger partial charge in [-0.2, -0.15) is 0 Å². The van der Waals surface area contributed by atoms with Gasteiger partial charge in [0, 0.05) is 62.1 Å². The van der Waals surface area contributed by atoms with Gasteiger partial charge < -0.3 is 14.7 Å². The van der Waals surface area contributed by atoms with Crippen LogP contribution in [0, 0.1) is 5.92 Å². The number of likely N-dealkylation sites (tertiary alicyclic amines) is 2. The van der Waals surface area contributed by atoms with E-state index in [9.17, 15) is 14.4 Å². The molecular formula is C26H30N4O3. The lowest BCUT2D eigenvalue weighted by atomic mass is 9.93. The molecule has 0 bridgehead atoms. The molecule has 0 unspecified atom stereocenters. The normalized spacial score (nSPS) is 19.6. The number of amides is 3. The summed E-state index contributed by atoms with van der Waals surface area (Å²) in [6.45, 7) is 3.32. The lowest BCUT2D eigenvalue weighted by molar-refractivity contribution is -0.141. The summed E-state index contributed by atoms with van der Waals surface area (Å²) in [5.41, 5.74) is 2.70. The average molecular weight is 447 g/mol. The van der Waals surface area contributed by atoms with Gasteiger partial charge in [-0.05, 0) is 49.4 Å². The predicted octanol–water partition coefficient (Wildman–Crippen LogP) is 2.51. The molecule has 172 valence electrons. The maximum absolute atomic E-state index is 13.1. The summed E-state index contributed by atoms with van der Waals surface area (Å²) < 4.78 is 0. The minimum Gasteiger partial charge on any atom is -0.342 e. The van der Waals surface area contributed by atoms with Crippen molar-refractivity contribution in [3.05, 3.63) is 65.5 Å². The fraction of sp³-hybridized carbons (Fsp3) is 0.462. The number of pyridine rings is 1. The van der Waals surface area contributed by atoms with Crippen LogP contribution in [0.25, 0.3) is 0 Å². The number of benzene rings is 1. The van der Waals surface area contributed by atoms with Crippen molar-refractivity contribution in [2.24, 2.45) is 5.92 Å². The van der Waals surface area contributed by atoms with Crippen LogP contribution < -0.4 is 0 Å². The van der Waals surface area contributed by atoms with Crippen molar-refractivity contribution in [3.8, 4) is 0 Å². The molecule has 3 aliphatic rings. The van der Waals surface area contributed by atoms with Gasteiger partial charge in [-0.3, -0.25) is 19.4 Å². The second-order valence-corrected chi connectivity index (χ2v) is 9.30. The van der Waals surface area contributed by atoms with E-state index in [1.54, 1.807) is 6.20 Å². The van der Waals surface area contributed by atoms with Crippen molar-refractivity contribution < 1.29 is 14.4 Å². The molecular weight excluding hydrogens is 416 g/mol. The third-order valence-electron chi connectivity index (χ3n) is 7.32. The Hall–Kier alpha value is -3.22. The fourth-order valence-corrected chi connectivity index (χ4v) is 5.37. The molecule has 7 nitrogen and oxygen atoms in total. The fourth-order valence-electron chi connectivity index (χ4n) is 5.37. The van der Waals surface area contributed by atoms with Gasteiger partial charge in [-0.15, -0.1) is 0 Å². The van der Waals surface area contributed by atoms with Crippen LogP contribution in [0.15, 0.2) is 48.7 Å². The van der Waals surface area contributed by atoms with E-state index in [1.165, 1.54) is 0 Å². The summed E-state index contributed by atoms with van der Waals surface area (Å²) in [5, 5.41) is 0. The molecule has 1 aromatic heterocycles. The summed E-state index contributed by atoms with van der Waals surface area (Å²) in [7, 11) is 0.